The van der Waals surface area contributed by atoms with Crippen LogP contribution in [-0.2, 0) is 4.79 Å². The largest absolute Gasteiger partial charge is 0.474 e. The number of benzene rings is 2. The van der Waals surface area contributed by atoms with Crippen molar-refractivity contribution in [2.75, 3.05) is 0 Å². The van der Waals surface area contributed by atoms with Crippen LogP contribution < -0.4 is 16.0 Å². The summed E-state index contributed by atoms with van der Waals surface area (Å²) in [6.45, 7) is 0. The average Bonchev–Trinajstić information content (AvgIpc) is 2.53. The van der Waals surface area contributed by atoms with Crippen molar-refractivity contribution in [1.82, 2.24) is 5.43 Å². The zero-order chi connectivity index (χ0) is 15.2. The van der Waals surface area contributed by atoms with Crippen LogP contribution in [0.5, 0.6) is 5.75 Å². The highest BCUT2D eigenvalue weighted by molar-refractivity contribution is 6.30. The number of nitrogens with two attached hydrogens (primary N) is 1. The van der Waals surface area contributed by atoms with Crippen LogP contribution in [0.25, 0.3) is 0 Å². The highest BCUT2D eigenvalue weighted by Crippen LogP contribution is 2.28. The quantitative estimate of drug-likeness (QED) is 0.515. The second kappa shape index (κ2) is 6.75. The van der Waals surface area contributed by atoms with Gasteiger partial charge in [0.2, 0.25) is 6.10 Å². The maximum atomic E-state index is 11.9. The molecule has 5 nitrogen and oxygen atoms in total. The van der Waals surface area contributed by atoms with Gasteiger partial charge in [-0.1, -0.05) is 41.9 Å². The number of amides is 1. The summed E-state index contributed by atoms with van der Waals surface area (Å²) in [4.78, 5) is 11.9. The Labute approximate surface area is 126 Å². The lowest BCUT2D eigenvalue weighted by molar-refractivity contribution is -0.128. The summed E-state index contributed by atoms with van der Waals surface area (Å²) < 4.78 is 5.66. The number of nitriles is 1. The monoisotopic (exact) mass is 301 g/mol. The second-order valence-electron chi connectivity index (χ2n) is 4.17. The first-order valence-electron chi connectivity index (χ1n) is 6.07. The summed E-state index contributed by atoms with van der Waals surface area (Å²) in [5.74, 6) is 4.90. The molecule has 0 aliphatic carbocycles. The molecule has 0 saturated carbocycles. The molecule has 0 heterocycles. The van der Waals surface area contributed by atoms with Gasteiger partial charge in [0, 0.05) is 16.7 Å². The maximum absolute atomic E-state index is 11.9. The van der Waals surface area contributed by atoms with Crippen LogP contribution in [0.3, 0.4) is 0 Å². The van der Waals surface area contributed by atoms with Crippen molar-refractivity contribution in [3.8, 4) is 11.8 Å². The molecule has 0 radical (unpaired) electrons. The fraction of sp³-hybridized carbons (Fsp3) is 0.0667. The minimum atomic E-state index is -0.971. The number of hydrogen-bond donors (Lipinski definition) is 2. The summed E-state index contributed by atoms with van der Waals surface area (Å²) in [5.41, 5.74) is 2.95. The summed E-state index contributed by atoms with van der Waals surface area (Å²) >= 11 is 5.90. The van der Waals surface area contributed by atoms with E-state index in [9.17, 15) is 4.79 Å². The number of nitrogens with zero attached hydrogens (tertiary/aromatic N) is 1. The van der Waals surface area contributed by atoms with Gasteiger partial charge >= 0.3 is 0 Å². The maximum Gasteiger partial charge on any atom is 0.279 e. The van der Waals surface area contributed by atoms with Crippen molar-refractivity contribution < 1.29 is 9.53 Å². The van der Waals surface area contributed by atoms with E-state index in [1.807, 2.05) is 12.1 Å². The van der Waals surface area contributed by atoms with Crippen LogP contribution >= 0.6 is 11.6 Å². The molecule has 2 aromatic rings. The van der Waals surface area contributed by atoms with Crippen molar-refractivity contribution in [1.29, 1.82) is 5.26 Å². The van der Waals surface area contributed by atoms with E-state index in [0.717, 1.165) is 0 Å². The second-order valence-corrected chi connectivity index (χ2v) is 4.61. The molecule has 0 fully saturated rings. The van der Waals surface area contributed by atoms with Crippen LogP contribution in [0.1, 0.15) is 17.2 Å². The molecule has 21 heavy (non-hydrogen) atoms. The van der Waals surface area contributed by atoms with Crippen LogP contribution in [-0.4, -0.2) is 5.91 Å². The number of ether oxygens (including phenoxy) is 1. The van der Waals surface area contributed by atoms with Crippen LogP contribution in [0.2, 0.25) is 5.02 Å². The number of hydrogen-bond acceptors (Lipinski definition) is 4. The van der Waals surface area contributed by atoms with Crippen molar-refractivity contribution >= 4 is 17.5 Å². The summed E-state index contributed by atoms with van der Waals surface area (Å²) in [7, 11) is 0. The van der Waals surface area contributed by atoms with Gasteiger partial charge in [0.15, 0.2) is 0 Å². The predicted molar refractivity (Wildman–Crippen MR) is 78.3 cm³/mol. The Balaban J connectivity index is 2.39. The van der Waals surface area contributed by atoms with Crippen LogP contribution in [0.15, 0.2) is 48.5 Å². The number of carbonyl (C=O) groups is 1. The molecule has 0 saturated heterocycles. The highest BCUT2D eigenvalue weighted by atomic mass is 35.5. The summed E-state index contributed by atoms with van der Waals surface area (Å²) in [6, 6.07) is 15.4. The van der Waals surface area contributed by atoms with Crippen molar-refractivity contribution in [2.45, 2.75) is 6.10 Å². The fourth-order valence-electron chi connectivity index (χ4n) is 1.79. The molecule has 0 spiro atoms. The molecule has 1 atom stereocenters. The van der Waals surface area contributed by atoms with E-state index < -0.39 is 12.0 Å². The first kappa shape index (κ1) is 14.9. The molecule has 1 amide bonds. The normalized spacial score (nSPS) is 11.3. The third kappa shape index (κ3) is 3.51. The first-order chi connectivity index (χ1) is 10.2. The summed E-state index contributed by atoms with van der Waals surface area (Å²) in [6.07, 6.45) is -0.971. The Bertz CT molecular complexity index is 683. The lowest BCUT2D eigenvalue weighted by Gasteiger charge is -2.18. The molecule has 106 valence electrons. The molecule has 2 aromatic carbocycles. The molecule has 1 unspecified atom stereocenters. The van der Waals surface area contributed by atoms with E-state index in [2.05, 4.69) is 5.43 Å². The minimum Gasteiger partial charge on any atom is -0.474 e. The topological polar surface area (TPSA) is 88.1 Å². The Morgan fingerprint density at radius 1 is 1.29 bits per heavy atom. The smallest absolute Gasteiger partial charge is 0.279 e. The molecule has 2 rings (SSSR count). The molecule has 0 aliphatic rings. The Hall–Kier alpha value is -2.55. The van der Waals surface area contributed by atoms with Gasteiger partial charge in [-0.3, -0.25) is 10.2 Å². The Morgan fingerprint density at radius 3 is 2.62 bits per heavy atom. The van der Waals surface area contributed by atoms with Gasteiger partial charge in [-0.2, -0.15) is 5.26 Å². The lowest BCUT2D eigenvalue weighted by atomic mass is 10.1. The van der Waals surface area contributed by atoms with Gasteiger partial charge in [-0.25, -0.2) is 5.84 Å². The molecule has 6 heteroatoms. The zero-order valence-corrected chi connectivity index (χ0v) is 11.7. The van der Waals surface area contributed by atoms with E-state index in [0.29, 0.717) is 10.6 Å². The van der Waals surface area contributed by atoms with Crippen LogP contribution in [0, 0.1) is 11.3 Å². The van der Waals surface area contributed by atoms with E-state index in [1.165, 1.54) is 12.1 Å². The third-order valence-electron chi connectivity index (χ3n) is 2.79. The standard InChI is InChI=1S/C15H12ClN3O2/c16-12-7-6-11(9-17)13(8-12)21-14(15(20)19-18)10-4-2-1-3-5-10/h1-8,14H,18H2,(H,19,20). The Kier molecular flexibility index (Phi) is 4.77. The number of rotatable bonds is 4. The Morgan fingerprint density at radius 2 is 2.00 bits per heavy atom. The third-order valence-corrected chi connectivity index (χ3v) is 3.03. The first-order valence-corrected chi connectivity index (χ1v) is 6.45. The van der Waals surface area contributed by atoms with Gasteiger partial charge < -0.3 is 4.74 Å². The van der Waals surface area contributed by atoms with Gasteiger partial charge in [0.25, 0.3) is 5.91 Å². The number of hydrazine groups is 1. The number of halogens is 1. The zero-order valence-electron chi connectivity index (χ0n) is 10.9. The molecular weight excluding hydrogens is 290 g/mol. The van der Waals surface area contributed by atoms with Gasteiger partial charge in [-0.05, 0) is 12.1 Å². The SMILES string of the molecule is N#Cc1ccc(Cl)cc1OC(C(=O)NN)c1ccccc1. The van der Waals surface area contributed by atoms with Gasteiger partial charge in [-0.15, -0.1) is 0 Å². The molecule has 0 bridgehead atoms. The van der Waals surface area contributed by atoms with Crippen molar-refractivity contribution in [3.05, 3.63) is 64.7 Å². The lowest BCUT2D eigenvalue weighted by Crippen LogP contribution is -2.37. The summed E-state index contributed by atoms with van der Waals surface area (Å²) in [5, 5.41) is 9.50. The van der Waals surface area contributed by atoms with Gasteiger partial charge in [0.1, 0.15) is 11.8 Å². The van der Waals surface area contributed by atoms with E-state index in [4.69, 9.17) is 27.4 Å². The fourth-order valence-corrected chi connectivity index (χ4v) is 1.95. The molecular formula is C15H12ClN3O2. The number of nitrogens with one attached hydrogen (secondary N) is 1. The van der Waals surface area contributed by atoms with Crippen molar-refractivity contribution in [3.63, 3.8) is 0 Å². The van der Waals surface area contributed by atoms with Gasteiger partial charge in [0.05, 0.1) is 5.56 Å². The predicted octanol–water partition coefficient (Wildman–Crippen LogP) is 2.32. The van der Waals surface area contributed by atoms with E-state index in [1.54, 1.807) is 30.3 Å². The van der Waals surface area contributed by atoms with Crippen LogP contribution in [0.4, 0.5) is 0 Å². The molecule has 0 aliphatic heterocycles. The van der Waals surface area contributed by atoms with Crippen molar-refractivity contribution in [2.24, 2.45) is 5.84 Å². The minimum absolute atomic E-state index is 0.224. The number of carbonyl (C=O) groups excluding carboxylic acids is 1. The molecule has 0 aromatic heterocycles. The van der Waals surface area contributed by atoms with E-state index >= 15 is 0 Å². The van der Waals surface area contributed by atoms with E-state index in [-0.39, 0.29) is 11.3 Å². The highest BCUT2D eigenvalue weighted by Gasteiger charge is 2.23. The average molecular weight is 302 g/mol. The molecule has 3 N–H and O–H groups in total.